The minimum atomic E-state index is -0.103. The van der Waals surface area contributed by atoms with E-state index in [1.54, 1.807) is 6.21 Å². The number of carbonyl (C=O) groups excluding carboxylic acids is 1. The van der Waals surface area contributed by atoms with Crippen molar-refractivity contribution in [2.45, 2.75) is 33.9 Å². The number of carbonyl (C=O) groups is 1. The maximum atomic E-state index is 12.1. The molecule has 1 heterocycles. The number of ether oxygens (including phenoxy) is 1. The Balaban J connectivity index is 1.49. The smallest absolute Gasteiger partial charge is 0.254 e. The van der Waals surface area contributed by atoms with Gasteiger partial charge in [-0.3, -0.25) is 9.69 Å². The fraction of sp³-hybridized carbons (Fsp3) is 0.333. The maximum absolute atomic E-state index is 12.1. The molecule has 2 aromatic rings. The number of hydrogen-bond donors (Lipinski definition) is 1. The van der Waals surface area contributed by atoms with Crippen molar-refractivity contribution in [3.05, 3.63) is 64.2 Å². The molecule has 1 amide bonds. The van der Waals surface area contributed by atoms with Gasteiger partial charge in [0, 0.05) is 13.1 Å². The fourth-order valence-corrected chi connectivity index (χ4v) is 3.11. The Kier molecular flexibility index (Phi) is 5.68. The van der Waals surface area contributed by atoms with Crippen molar-refractivity contribution in [2.75, 3.05) is 13.2 Å². The van der Waals surface area contributed by atoms with E-state index in [1.165, 1.54) is 22.3 Å². The third-order valence-corrected chi connectivity index (χ3v) is 4.57. The lowest BCUT2D eigenvalue weighted by Gasteiger charge is -2.12. The first-order valence-corrected chi connectivity index (χ1v) is 8.91. The highest BCUT2D eigenvalue weighted by Gasteiger charge is 2.21. The number of aryl methyl sites for hydroxylation is 2. The predicted molar refractivity (Wildman–Crippen MR) is 103 cm³/mol. The molecule has 1 N–H and O–H groups in total. The lowest BCUT2D eigenvalue weighted by atomic mass is 10.0. The molecule has 0 fully saturated rings. The number of hydrazone groups is 1. The second-order valence-corrected chi connectivity index (χ2v) is 6.65. The summed E-state index contributed by atoms with van der Waals surface area (Å²) in [5, 5.41) is 4.04. The summed E-state index contributed by atoms with van der Waals surface area (Å²) in [4.78, 5) is 14.3. The molecule has 1 aliphatic rings. The van der Waals surface area contributed by atoms with Crippen molar-refractivity contribution < 1.29 is 9.53 Å². The van der Waals surface area contributed by atoms with Gasteiger partial charge in [0.15, 0.2) is 0 Å². The minimum absolute atomic E-state index is 0.103. The van der Waals surface area contributed by atoms with Crippen LogP contribution < -0.4 is 10.2 Å². The molecule has 0 bridgehead atoms. The summed E-state index contributed by atoms with van der Waals surface area (Å²) >= 11 is 0. The molecular formula is C21H25N3O2. The molecule has 0 spiro atoms. The van der Waals surface area contributed by atoms with Crippen molar-refractivity contribution >= 4 is 12.1 Å². The van der Waals surface area contributed by atoms with E-state index >= 15 is 0 Å². The predicted octanol–water partition coefficient (Wildman–Crippen LogP) is 3.17. The summed E-state index contributed by atoms with van der Waals surface area (Å²) in [7, 11) is 0. The molecule has 0 saturated carbocycles. The van der Waals surface area contributed by atoms with Gasteiger partial charge in [0.05, 0.1) is 19.4 Å². The van der Waals surface area contributed by atoms with Crippen LogP contribution in [0.4, 0.5) is 0 Å². The topological polar surface area (TPSA) is 53.9 Å². The number of rotatable bonds is 6. The first-order chi connectivity index (χ1) is 12.5. The van der Waals surface area contributed by atoms with E-state index in [9.17, 15) is 4.79 Å². The van der Waals surface area contributed by atoms with Crippen molar-refractivity contribution in [3.8, 4) is 5.75 Å². The van der Waals surface area contributed by atoms with Gasteiger partial charge in [-0.25, -0.2) is 5.43 Å². The molecule has 1 aliphatic heterocycles. The summed E-state index contributed by atoms with van der Waals surface area (Å²) in [6, 6.07) is 12.0. The standard InChI is InChI=1S/C21H25N3O2/c1-4-26-20-7-5-17(6-8-20)11-22-23-21(25)14-24-12-18-9-15(2)16(3)10-19(18)13-24/h5-11H,4,12-14H2,1-3H3,(H,23,25)/b22-11-. The normalized spacial score (nSPS) is 13.8. The largest absolute Gasteiger partial charge is 0.494 e. The third kappa shape index (κ3) is 4.49. The molecule has 0 saturated heterocycles. The number of hydrogen-bond acceptors (Lipinski definition) is 4. The van der Waals surface area contributed by atoms with E-state index in [0.717, 1.165) is 24.4 Å². The van der Waals surface area contributed by atoms with Gasteiger partial charge < -0.3 is 4.74 Å². The van der Waals surface area contributed by atoms with E-state index in [-0.39, 0.29) is 5.91 Å². The second-order valence-electron chi connectivity index (χ2n) is 6.65. The van der Waals surface area contributed by atoms with Crippen LogP contribution in [0.1, 0.15) is 34.7 Å². The molecule has 0 atom stereocenters. The highest BCUT2D eigenvalue weighted by molar-refractivity contribution is 5.83. The molecule has 5 heteroatoms. The Hall–Kier alpha value is -2.66. The summed E-state index contributed by atoms with van der Waals surface area (Å²) in [6.07, 6.45) is 1.64. The number of nitrogens with zero attached hydrogens (tertiary/aromatic N) is 2. The molecule has 3 rings (SSSR count). The Labute approximate surface area is 154 Å². The summed E-state index contributed by atoms with van der Waals surface area (Å²) in [5.74, 6) is 0.723. The quantitative estimate of drug-likeness (QED) is 0.642. The lowest BCUT2D eigenvalue weighted by molar-refractivity contribution is -0.122. The van der Waals surface area contributed by atoms with Crippen LogP contribution in [-0.4, -0.2) is 30.2 Å². The Morgan fingerprint density at radius 3 is 2.35 bits per heavy atom. The van der Waals surface area contributed by atoms with Gasteiger partial charge in [-0.05, 0) is 72.9 Å². The lowest BCUT2D eigenvalue weighted by Crippen LogP contribution is -2.32. The number of benzene rings is 2. The Morgan fingerprint density at radius 2 is 1.77 bits per heavy atom. The van der Waals surface area contributed by atoms with Crippen LogP contribution in [0.2, 0.25) is 0 Å². The summed E-state index contributed by atoms with van der Waals surface area (Å²) in [6.45, 7) is 8.81. The maximum Gasteiger partial charge on any atom is 0.254 e. The van der Waals surface area contributed by atoms with Crippen molar-refractivity contribution in [3.63, 3.8) is 0 Å². The molecule has 26 heavy (non-hydrogen) atoms. The van der Waals surface area contributed by atoms with Gasteiger partial charge in [-0.1, -0.05) is 12.1 Å². The molecule has 0 radical (unpaired) electrons. The van der Waals surface area contributed by atoms with E-state index in [2.05, 4.69) is 41.4 Å². The fourth-order valence-electron chi connectivity index (χ4n) is 3.11. The van der Waals surface area contributed by atoms with Gasteiger partial charge in [0.2, 0.25) is 0 Å². The van der Waals surface area contributed by atoms with Gasteiger partial charge in [0.25, 0.3) is 5.91 Å². The molecule has 5 nitrogen and oxygen atoms in total. The van der Waals surface area contributed by atoms with Crippen LogP contribution in [-0.2, 0) is 17.9 Å². The van der Waals surface area contributed by atoms with E-state index in [1.807, 2.05) is 31.2 Å². The zero-order chi connectivity index (χ0) is 18.5. The van der Waals surface area contributed by atoms with Crippen LogP contribution in [0.5, 0.6) is 5.75 Å². The molecular weight excluding hydrogens is 326 g/mol. The van der Waals surface area contributed by atoms with Gasteiger partial charge in [-0.15, -0.1) is 0 Å². The van der Waals surface area contributed by atoms with E-state index in [4.69, 9.17) is 4.74 Å². The molecule has 0 aliphatic carbocycles. The van der Waals surface area contributed by atoms with Crippen LogP contribution in [0, 0.1) is 13.8 Å². The average Bonchev–Trinajstić information content (AvgIpc) is 2.98. The Morgan fingerprint density at radius 1 is 1.15 bits per heavy atom. The second kappa shape index (κ2) is 8.15. The van der Waals surface area contributed by atoms with Gasteiger partial charge >= 0.3 is 0 Å². The van der Waals surface area contributed by atoms with Crippen molar-refractivity contribution in [1.29, 1.82) is 0 Å². The first kappa shape index (κ1) is 18.1. The number of fused-ring (bicyclic) bond motifs is 1. The van der Waals surface area contributed by atoms with Crippen LogP contribution in [0.15, 0.2) is 41.5 Å². The SMILES string of the molecule is CCOc1ccc(/C=N\NC(=O)CN2Cc3cc(C)c(C)cc3C2)cc1. The monoisotopic (exact) mass is 351 g/mol. The third-order valence-electron chi connectivity index (χ3n) is 4.57. The van der Waals surface area contributed by atoms with Crippen LogP contribution in [0.3, 0.4) is 0 Å². The first-order valence-electron chi connectivity index (χ1n) is 8.91. The average molecular weight is 351 g/mol. The van der Waals surface area contributed by atoms with Crippen molar-refractivity contribution in [1.82, 2.24) is 10.3 Å². The zero-order valence-corrected chi connectivity index (χ0v) is 15.6. The van der Waals surface area contributed by atoms with Crippen LogP contribution >= 0.6 is 0 Å². The highest BCUT2D eigenvalue weighted by Crippen LogP contribution is 2.25. The van der Waals surface area contributed by atoms with Crippen molar-refractivity contribution in [2.24, 2.45) is 5.10 Å². The zero-order valence-electron chi connectivity index (χ0n) is 15.6. The van der Waals surface area contributed by atoms with E-state index < -0.39 is 0 Å². The number of nitrogens with one attached hydrogen (secondary N) is 1. The Bertz CT molecular complexity index is 782. The summed E-state index contributed by atoms with van der Waals surface area (Å²) in [5.41, 5.74) is 8.75. The van der Waals surface area contributed by atoms with E-state index in [0.29, 0.717) is 13.2 Å². The molecule has 2 aromatic carbocycles. The number of amides is 1. The minimum Gasteiger partial charge on any atom is -0.494 e. The van der Waals surface area contributed by atoms with Gasteiger partial charge in [0.1, 0.15) is 5.75 Å². The molecule has 136 valence electrons. The highest BCUT2D eigenvalue weighted by atomic mass is 16.5. The summed E-state index contributed by atoms with van der Waals surface area (Å²) < 4.78 is 5.40. The van der Waals surface area contributed by atoms with Crippen LogP contribution in [0.25, 0.3) is 0 Å². The molecule has 0 aromatic heterocycles. The van der Waals surface area contributed by atoms with Gasteiger partial charge in [-0.2, -0.15) is 5.10 Å². The molecule has 0 unspecified atom stereocenters.